The van der Waals surface area contributed by atoms with Crippen LogP contribution in [0.1, 0.15) is 17.5 Å². The number of aliphatic hydroxyl groups is 1. The molecule has 1 unspecified atom stereocenters. The molecule has 1 heterocycles. The molecule has 5 heteroatoms. The van der Waals surface area contributed by atoms with Gasteiger partial charge in [-0.2, -0.15) is 0 Å². The second-order valence-corrected chi connectivity index (χ2v) is 7.37. The molecule has 1 atom stereocenters. The zero-order valence-electron chi connectivity index (χ0n) is 11.3. The van der Waals surface area contributed by atoms with E-state index in [0.29, 0.717) is 19.5 Å². The lowest BCUT2D eigenvalue weighted by Crippen LogP contribution is -2.36. The van der Waals surface area contributed by atoms with Crippen LogP contribution in [0.2, 0.25) is 0 Å². The molecule has 0 bridgehead atoms. The third-order valence-electron chi connectivity index (χ3n) is 3.61. The molecule has 1 saturated heterocycles. The number of aliphatic hydroxyl groups excluding tert-OH is 1. The molecule has 4 nitrogen and oxygen atoms in total. The molecule has 0 saturated carbocycles. The van der Waals surface area contributed by atoms with Crippen molar-refractivity contribution in [3.05, 3.63) is 35.4 Å². The Morgan fingerprint density at radius 1 is 1.30 bits per heavy atom. The van der Waals surface area contributed by atoms with Crippen LogP contribution < -0.4 is 0 Å². The van der Waals surface area contributed by atoms with Crippen LogP contribution in [-0.2, 0) is 23.0 Å². The fourth-order valence-electron chi connectivity index (χ4n) is 2.48. The van der Waals surface area contributed by atoms with E-state index in [-0.39, 0.29) is 24.2 Å². The van der Waals surface area contributed by atoms with Crippen LogP contribution in [0.3, 0.4) is 0 Å². The minimum atomic E-state index is -2.91. The second-order valence-electron chi connectivity index (χ2n) is 5.14. The van der Waals surface area contributed by atoms with Gasteiger partial charge in [0.25, 0.3) is 0 Å². The van der Waals surface area contributed by atoms with Gasteiger partial charge in [0.2, 0.25) is 0 Å². The molecule has 1 aromatic rings. The highest BCUT2D eigenvalue weighted by molar-refractivity contribution is 7.91. The molecule has 0 amide bonds. The molecular formula is C15H19NO3S. The van der Waals surface area contributed by atoms with Gasteiger partial charge < -0.3 is 5.11 Å². The summed E-state index contributed by atoms with van der Waals surface area (Å²) < 4.78 is 23.2. The van der Waals surface area contributed by atoms with Gasteiger partial charge >= 0.3 is 0 Å². The third-order valence-corrected chi connectivity index (χ3v) is 5.36. The van der Waals surface area contributed by atoms with E-state index in [1.807, 2.05) is 29.2 Å². The standard InChI is InChI=1S/C15H19NO3S/c1-2-8-16(15-7-9-20(18,19)12-15)10-13-3-5-14(11-17)6-4-13/h1,3-6,15,17H,7-12H2. The predicted octanol–water partition coefficient (Wildman–Crippen LogP) is 0.801. The number of sulfone groups is 1. The molecule has 1 N–H and O–H groups in total. The van der Waals surface area contributed by atoms with Crippen molar-refractivity contribution in [3.8, 4) is 12.3 Å². The van der Waals surface area contributed by atoms with Gasteiger partial charge in [-0.25, -0.2) is 8.42 Å². The first-order valence-electron chi connectivity index (χ1n) is 6.60. The topological polar surface area (TPSA) is 57.6 Å². The normalized spacial score (nSPS) is 20.9. The van der Waals surface area contributed by atoms with Gasteiger partial charge in [-0.15, -0.1) is 6.42 Å². The van der Waals surface area contributed by atoms with Crippen molar-refractivity contribution in [2.45, 2.75) is 25.6 Å². The molecule has 1 aliphatic heterocycles. The zero-order chi connectivity index (χ0) is 14.6. The molecule has 0 aliphatic carbocycles. The van der Waals surface area contributed by atoms with Crippen molar-refractivity contribution in [3.63, 3.8) is 0 Å². The Morgan fingerprint density at radius 2 is 1.95 bits per heavy atom. The summed E-state index contributed by atoms with van der Waals surface area (Å²) in [5.41, 5.74) is 1.93. The molecule has 0 radical (unpaired) electrons. The van der Waals surface area contributed by atoms with Gasteiger partial charge in [0.15, 0.2) is 9.84 Å². The minimum absolute atomic E-state index is 0.00793. The van der Waals surface area contributed by atoms with E-state index in [4.69, 9.17) is 11.5 Å². The predicted molar refractivity (Wildman–Crippen MR) is 78.7 cm³/mol. The largest absolute Gasteiger partial charge is 0.392 e. The smallest absolute Gasteiger partial charge is 0.151 e. The van der Waals surface area contributed by atoms with E-state index in [9.17, 15) is 8.42 Å². The fraction of sp³-hybridized carbons (Fsp3) is 0.467. The maximum absolute atomic E-state index is 11.6. The number of hydrogen-bond acceptors (Lipinski definition) is 4. The van der Waals surface area contributed by atoms with Gasteiger partial charge in [-0.05, 0) is 17.5 Å². The summed E-state index contributed by atoms with van der Waals surface area (Å²) >= 11 is 0. The fourth-order valence-corrected chi connectivity index (χ4v) is 4.24. The zero-order valence-corrected chi connectivity index (χ0v) is 12.1. The summed E-state index contributed by atoms with van der Waals surface area (Å²) in [5, 5.41) is 9.02. The van der Waals surface area contributed by atoms with Crippen molar-refractivity contribution >= 4 is 9.84 Å². The van der Waals surface area contributed by atoms with E-state index in [1.54, 1.807) is 0 Å². The van der Waals surface area contributed by atoms with Crippen LogP contribution in [0.5, 0.6) is 0 Å². The van der Waals surface area contributed by atoms with Gasteiger partial charge in [-0.1, -0.05) is 30.2 Å². The van der Waals surface area contributed by atoms with E-state index < -0.39 is 9.84 Å². The summed E-state index contributed by atoms with van der Waals surface area (Å²) in [6, 6.07) is 7.63. The first-order valence-corrected chi connectivity index (χ1v) is 8.43. The first-order chi connectivity index (χ1) is 9.54. The third kappa shape index (κ3) is 3.83. The molecule has 1 aliphatic rings. The summed E-state index contributed by atoms with van der Waals surface area (Å²) in [6.07, 6.45) is 6.04. The van der Waals surface area contributed by atoms with Crippen molar-refractivity contribution in [2.24, 2.45) is 0 Å². The summed E-state index contributed by atoms with van der Waals surface area (Å²) in [7, 11) is -2.91. The number of nitrogens with zero attached hydrogens (tertiary/aromatic N) is 1. The summed E-state index contributed by atoms with van der Waals surface area (Å²) in [4.78, 5) is 2.04. The van der Waals surface area contributed by atoms with Gasteiger partial charge in [0.05, 0.1) is 24.7 Å². The van der Waals surface area contributed by atoms with Crippen LogP contribution >= 0.6 is 0 Å². The number of hydrogen-bond donors (Lipinski definition) is 1. The maximum Gasteiger partial charge on any atom is 0.151 e. The molecular weight excluding hydrogens is 274 g/mol. The van der Waals surface area contributed by atoms with Crippen LogP contribution in [0.4, 0.5) is 0 Å². The first kappa shape index (κ1) is 15.0. The van der Waals surface area contributed by atoms with E-state index in [0.717, 1.165) is 11.1 Å². The Balaban J connectivity index is 2.07. The maximum atomic E-state index is 11.6. The van der Waals surface area contributed by atoms with Gasteiger partial charge in [-0.3, -0.25) is 4.90 Å². The minimum Gasteiger partial charge on any atom is -0.392 e. The Bertz CT molecular complexity index is 587. The Morgan fingerprint density at radius 3 is 2.45 bits per heavy atom. The molecule has 0 spiro atoms. The van der Waals surface area contributed by atoms with Gasteiger partial charge in [0.1, 0.15) is 0 Å². The highest BCUT2D eigenvalue weighted by atomic mass is 32.2. The molecule has 1 aromatic carbocycles. The average Bonchev–Trinajstić information content (AvgIpc) is 2.79. The Kier molecular flexibility index (Phi) is 4.81. The van der Waals surface area contributed by atoms with Gasteiger partial charge in [0, 0.05) is 12.6 Å². The van der Waals surface area contributed by atoms with Crippen molar-refractivity contribution in [2.75, 3.05) is 18.1 Å². The lowest BCUT2D eigenvalue weighted by molar-refractivity contribution is 0.230. The van der Waals surface area contributed by atoms with Crippen molar-refractivity contribution in [1.82, 2.24) is 4.90 Å². The molecule has 108 valence electrons. The Hall–Kier alpha value is -1.35. The average molecular weight is 293 g/mol. The number of benzene rings is 1. The molecule has 20 heavy (non-hydrogen) atoms. The molecule has 1 fully saturated rings. The van der Waals surface area contributed by atoms with E-state index in [1.165, 1.54) is 0 Å². The Labute approximate surface area is 120 Å². The van der Waals surface area contributed by atoms with E-state index >= 15 is 0 Å². The monoisotopic (exact) mass is 293 g/mol. The highest BCUT2D eigenvalue weighted by Gasteiger charge is 2.31. The summed E-state index contributed by atoms with van der Waals surface area (Å²) in [5.74, 6) is 3.06. The van der Waals surface area contributed by atoms with E-state index in [2.05, 4.69) is 5.92 Å². The second kappa shape index (κ2) is 6.40. The lowest BCUT2D eigenvalue weighted by Gasteiger charge is -2.26. The lowest BCUT2D eigenvalue weighted by atomic mass is 10.1. The quantitative estimate of drug-likeness (QED) is 0.816. The highest BCUT2D eigenvalue weighted by Crippen LogP contribution is 2.20. The SMILES string of the molecule is C#CCN(Cc1ccc(CO)cc1)C1CCS(=O)(=O)C1. The van der Waals surface area contributed by atoms with Crippen LogP contribution in [-0.4, -0.2) is 42.5 Å². The molecule has 2 rings (SSSR count). The summed E-state index contributed by atoms with van der Waals surface area (Å²) in [6.45, 7) is 1.10. The van der Waals surface area contributed by atoms with Crippen molar-refractivity contribution < 1.29 is 13.5 Å². The number of terminal acetylenes is 1. The van der Waals surface area contributed by atoms with Crippen LogP contribution in [0.15, 0.2) is 24.3 Å². The number of rotatable bonds is 5. The van der Waals surface area contributed by atoms with Crippen molar-refractivity contribution in [1.29, 1.82) is 0 Å². The van der Waals surface area contributed by atoms with Crippen LogP contribution in [0, 0.1) is 12.3 Å². The molecule has 0 aromatic heterocycles. The van der Waals surface area contributed by atoms with Crippen LogP contribution in [0.25, 0.3) is 0 Å².